The van der Waals surface area contributed by atoms with Crippen molar-refractivity contribution in [3.8, 4) is 0 Å². The first-order valence-electron chi connectivity index (χ1n) is 7.15. The fourth-order valence-electron chi connectivity index (χ4n) is 2.32. The van der Waals surface area contributed by atoms with E-state index in [1.165, 1.54) is 0 Å². The lowest BCUT2D eigenvalue weighted by Crippen LogP contribution is -2.48. The molecule has 0 aromatic carbocycles. The molecule has 0 unspecified atom stereocenters. The maximum Gasteiger partial charge on any atom is 0.161 e. The van der Waals surface area contributed by atoms with Gasteiger partial charge in [0.05, 0.1) is 0 Å². The van der Waals surface area contributed by atoms with E-state index in [0.717, 1.165) is 45.1 Å². The first-order valence-corrected chi connectivity index (χ1v) is 7.15. The average molecular weight is 276 g/mol. The quantitative estimate of drug-likeness (QED) is 0.749. The number of Topliss-reactive ketones (excluding diaryl/α,β-unsaturated/α-hetero) is 1. The minimum absolute atomic E-state index is 0.0672. The first kappa shape index (κ1) is 14.9. The van der Waals surface area contributed by atoms with E-state index < -0.39 is 0 Å². The minimum Gasteiger partial charge on any atom is -0.354 e. The van der Waals surface area contributed by atoms with Crippen molar-refractivity contribution in [1.82, 2.24) is 14.8 Å². The predicted molar refractivity (Wildman–Crippen MR) is 81.4 cm³/mol. The third-order valence-corrected chi connectivity index (χ3v) is 3.71. The summed E-state index contributed by atoms with van der Waals surface area (Å²) in [6.45, 7) is 7.94. The lowest BCUT2D eigenvalue weighted by molar-refractivity contribution is 0.101. The number of carbonyl (C=O) groups excluding carboxylic acids is 1. The number of anilines is 1. The van der Waals surface area contributed by atoms with E-state index in [1.54, 1.807) is 13.1 Å². The number of nitrogens with zero attached hydrogens (tertiary/aromatic N) is 4. The standard InChI is InChI=1S/C15H24N4O/c1-13(20)14-4-5-15(16-12-14)19-10-8-18(9-11-19)7-6-17(2)3/h4-5,12H,6-11H2,1-3H3. The number of pyridine rings is 1. The highest BCUT2D eigenvalue weighted by Crippen LogP contribution is 2.14. The third kappa shape index (κ3) is 4.02. The molecule has 5 nitrogen and oxygen atoms in total. The molecule has 110 valence electrons. The van der Waals surface area contributed by atoms with E-state index in [2.05, 4.69) is 33.8 Å². The number of hydrogen-bond acceptors (Lipinski definition) is 5. The van der Waals surface area contributed by atoms with Crippen LogP contribution in [0.1, 0.15) is 17.3 Å². The molecular weight excluding hydrogens is 252 g/mol. The zero-order valence-corrected chi connectivity index (χ0v) is 12.7. The van der Waals surface area contributed by atoms with Crippen LogP contribution in [0.25, 0.3) is 0 Å². The average Bonchev–Trinajstić information content (AvgIpc) is 2.46. The molecule has 0 N–H and O–H groups in total. The predicted octanol–water partition coefficient (Wildman–Crippen LogP) is 0.968. The zero-order valence-electron chi connectivity index (χ0n) is 12.7. The second-order valence-electron chi connectivity index (χ2n) is 5.59. The maximum absolute atomic E-state index is 11.2. The third-order valence-electron chi connectivity index (χ3n) is 3.71. The van der Waals surface area contributed by atoms with Gasteiger partial charge in [0.2, 0.25) is 0 Å². The van der Waals surface area contributed by atoms with Crippen LogP contribution < -0.4 is 4.90 Å². The molecule has 0 atom stereocenters. The molecule has 20 heavy (non-hydrogen) atoms. The molecule has 5 heteroatoms. The summed E-state index contributed by atoms with van der Waals surface area (Å²) in [5, 5.41) is 0. The van der Waals surface area contributed by atoms with Gasteiger partial charge in [-0.05, 0) is 33.2 Å². The van der Waals surface area contributed by atoms with Gasteiger partial charge >= 0.3 is 0 Å². The van der Waals surface area contributed by atoms with Crippen LogP contribution >= 0.6 is 0 Å². The van der Waals surface area contributed by atoms with Crippen LogP contribution in [0.2, 0.25) is 0 Å². The van der Waals surface area contributed by atoms with Crippen molar-refractivity contribution < 1.29 is 4.79 Å². The number of rotatable bonds is 5. The first-order chi connectivity index (χ1) is 9.56. The highest BCUT2D eigenvalue weighted by atomic mass is 16.1. The van der Waals surface area contributed by atoms with Gasteiger partial charge in [-0.1, -0.05) is 0 Å². The molecule has 0 radical (unpaired) electrons. The molecule has 1 aliphatic rings. The molecule has 1 aliphatic heterocycles. The van der Waals surface area contributed by atoms with E-state index in [1.807, 2.05) is 12.1 Å². The SMILES string of the molecule is CC(=O)c1ccc(N2CCN(CCN(C)C)CC2)nc1. The fourth-order valence-corrected chi connectivity index (χ4v) is 2.32. The number of carbonyl (C=O) groups is 1. The molecule has 1 saturated heterocycles. The molecule has 0 saturated carbocycles. The normalized spacial score (nSPS) is 16.7. The van der Waals surface area contributed by atoms with Crippen LogP contribution in [0.5, 0.6) is 0 Å². The summed E-state index contributed by atoms with van der Waals surface area (Å²) in [4.78, 5) is 22.6. The number of hydrogen-bond donors (Lipinski definition) is 0. The van der Waals surface area contributed by atoms with Crippen LogP contribution in [0.4, 0.5) is 5.82 Å². The summed E-state index contributed by atoms with van der Waals surface area (Å²) in [5.74, 6) is 1.04. The van der Waals surface area contributed by atoms with Gasteiger partial charge in [0.1, 0.15) is 5.82 Å². The van der Waals surface area contributed by atoms with E-state index in [0.29, 0.717) is 5.56 Å². The Morgan fingerprint density at radius 2 is 1.95 bits per heavy atom. The molecule has 2 heterocycles. The van der Waals surface area contributed by atoms with E-state index in [9.17, 15) is 4.79 Å². The van der Waals surface area contributed by atoms with Gasteiger partial charge in [0.15, 0.2) is 5.78 Å². The Hall–Kier alpha value is -1.46. The highest BCUT2D eigenvalue weighted by molar-refractivity contribution is 5.93. The Balaban J connectivity index is 1.85. The van der Waals surface area contributed by atoms with Crippen molar-refractivity contribution in [2.24, 2.45) is 0 Å². The summed E-state index contributed by atoms with van der Waals surface area (Å²) >= 11 is 0. The monoisotopic (exact) mass is 276 g/mol. The summed E-state index contributed by atoms with van der Waals surface area (Å²) in [7, 11) is 4.22. The van der Waals surface area contributed by atoms with Crippen molar-refractivity contribution in [3.05, 3.63) is 23.9 Å². The van der Waals surface area contributed by atoms with Crippen molar-refractivity contribution in [3.63, 3.8) is 0 Å². The largest absolute Gasteiger partial charge is 0.354 e. The molecule has 0 bridgehead atoms. The maximum atomic E-state index is 11.2. The summed E-state index contributed by atoms with van der Waals surface area (Å²) < 4.78 is 0. The topological polar surface area (TPSA) is 39.7 Å². The zero-order chi connectivity index (χ0) is 14.5. The van der Waals surface area contributed by atoms with Crippen molar-refractivity contribution in [2.75, 3.05) is 58.3 Å². The molecule has 1 aromatic heterocycles. The smallest absolute Gasteiger partial charge is 0.161 e. The summed E-state index contributed by atoms with van der Waals surface area (Å²) in [6, 6.07) is 3.81. The summed E-state index contributed by atoms with van der Waals surface area (Å²) in [6.07, 6.45) is 1.68. The Labute approximate surface area is 121 Å². The van der Waals surface area contributed by atoms with Crippen LogP contribution in [0.15, 0.2) is 18.3 Å². The van der Waals surface area contributed by atoms with Crippen molar-refractivity contribution >= 4 is 11.6 Å². The van der Waals surface area contributed by atoms with Crippen LogP contribution in [-0.4, -0.2) is 73.9 Å². The van der Waals surface area contributed by atoms with E-state index in [-0.39, 0.29) is 5.78 Å². The molecule has 1 fully saturated rings. The van der Waals surface area contributed by atoms with Gasteiger partial charge in [-0.25, -0.2) is 4.98 Å². The minimum atomic E-state index is 0.0672. The molecule has 1 aromatic rings. The second kappa shape index (κ2) is 6.81. The van der Waals surface area contributed by atoms with Crippen molar-refractivity contribution in [1.29, 1.82) is 0 Å². The van der Waals surface area contributed by atoms with Gasteiger partial charge in [0, 0.05) is 51.0 Å². The van der Waals surface area contributed by atoms with E-state index >= 15 is 0 Å². The van der Waals surface area contributed by atoms with Gasteiger partial charge < -0.3 is 9.80 Å². The number of aromatic nitrogens is 1. The molecule has 0 amide bonds. The lowest BCUT2D eigenvalue weighted by atomic mass is 10.2. The summed E-state index contributed by atoms with van der Waals surface area (Å²) in [5.41, 5.74) is 0.679. The van der Waals surface area contributed by atoms with Gasteiger partial charge in [-0.15, -0.1) is 0 Å². The van der Waals surface area contributed by atoms with Crippen molar-refractivity contribution in [2.45, 2.75) is 6.92 Å². The molecule has 0 spiro atoms. The molecule has 2 rings (SSSR count). The second-order valence-corrected chi connectivity index (χ2v) is 5.59. The molecular formula is C15H24N4O. The van der Waals surface area contributed by atoms with Gasteiger partial charge in [0.25, 0.3) is 0 Å². The number of ketones is 1. The van der Waals surface area contributed by atoms with Gasteiger partial charge in [-0.2, -0.15) is 0 Å². The Morgan fingerprint density at radius 3 is 2.45 bits per heavy atom. The fraction of sp³-hybridized carbons (Fsp3) is 0.600. The highest BCUT2D eigenvalue weighted by Gasteiger charge is 2.17. The van der Waals surface area contributed by atoms with Crippen LogP contribution in [0.3, 0.4) is 0 Å². The number of likely N-dealkylation sites (N-methyl/N-ethyl adjacent to an activating group) is 1. The Morgan fingerprint density at radius 1 is 1.25 bits per heavy atom. The van der Waals surface area contributed by atoms with Gasteiger partial charge in [-0.3, -0.25) is 9.69 Å². The van der Waals surface area contributed by atoms with E-state index in [4.69, 9.17) is 0 Å². The van der Waals surface area contributed by atoms with Crippen LogP contribution in [0, 0.1) is 0 Å². The Kier molecular flexibility index (Phi) is 5.09. The molecule has 0 aliphatic carbocycles. The number of piperazine rings is 1. The Bertz CT molecular complexity index is 436. The van der Waals surface area contributed by atoms with Crippen LogP contribution in [-0.2, 0) is 0 Å². The lowest BCUT2D eigenvalue weighted by Gasteiger charge is -2.35.